The molecular formula is C11H13BrN2O2. The lowest BCUT2D eigenvalue weighted by Crippen LogP contribution is -2.40. The molecule has 0 bridgehead atoms. The number of rotatable bonds is 2. The first kappa shape index (κ1) is 11.4. The molecule has 0 aromatic heterocycles. The van der Waals surface area contributed by atoms with Crippen LogP contribution in [0.1, 0.15) is 5.56 Å². The number of carbonyl (C=O) groups is 1. The Morgan fingerprint density at radius 3 is 3.00 bits per heavy atom. The minimum Gasteiger partial charge on any atom is -0.399 e. The van der Waals surface area contributed by atoms with Gasteiger partial charge in [-0.25, -0.2) is 0 Å². The summed E-state index contributed by atoms with van der Waals surface area (Å²) < 4.78 is 6.01. The van der Waals surface area contributed by atoms with Gasteiger partial charge in [0, 0.05) is 23.2 Å². The average molecular weight is 285 g/mol. The first-order valence-electron chi connectivity index (χ1n) is 5.06. The molecule has 1 amide bonds. The van der Waals surface area contributed by atoms with Crippen molar-refractivity contribution in [3.63, 3.8) is 0 Å². The topological polar surface area (TPSA) is 55.6 Å². The molecule has 1 aromatic carbocycles. The van der Waals surface area contributed by atoms with E-state index in [1.165, 1.54) is 0 Å². The molecule has 0 radical (unpaired) electrons. The van der Waals surface area contributed by atoms with E-state index in [1.807, 2.05) is 18.2 Å². The van der Waals surface area contributed by atoms with Gasteiger partial charge in [-0.05, 0) is 17.7 Å². The van der Waals surface area contributed by atoms with Crippen molar-refractivity contribution >= 4 is 27.5 Å². The summed E-state index contributed by atoms with van der Waals surface area (Å²) in [5.74, 6) is 0.0370. The van der Waals surface area contributed by atoms with E-state index in [2.05, 4.69) is 15.9 Å². The molecule has 0 aliphatic carbocycles. The van der Waals surface area contributed by atoms with E-state index >= 15 is 0 Å². The van der Waals surface area contributed by atoms with Crippen LogP contribution in [0.3, 0.4) is 0 Å². The minimum atomic E-state index is 0.0370. The molecular weight excluding hydrogens is 272 g/mol. The van der Waals surface area contributed by atoms with Crippen molar-refractivity contribution in [1.82, 2.24) is 4.90 Å². The zero-order valence-corrected chi connectivity index (χ0v) is 10.4. The van der Waals surface area contributed by atoms with Crippen LogP contribution in [-0.2, 0) is 16.1 Å². The summed E-state index contributed by atoms with van der Waals surface area (Å²) in [6.45, 7) is 2.05. The molecule has 1 saturated heterocycles. The van der Waals surface area contributed by atoms with Gasteiger partial charge in [-0.3, -0.25) is 4.79 Å². The summed E-state index contributed by atoms with van der Waals surface area (Å²) in [5, 5.41) is 0. The maximum Gasteiger partial charge on any atom is 0.248 e. The summed E-state index contributed by atoms with van der Waals surface area (Å²) >= 11 is 3.44. The molecule has 1 aromatic rings. The van der Waals surface area contributed by atoms with E-state index < -0.39 is 0 Å². The molecule has 2 rings (SSSR count). The maximum atomic E-state index is 11.5. The van der Waals surface area contributed by atoms with Crippen LogP contribution in [0.5, 0.6) is 0 Å². The smallest absolute Gasteiger partial charge is 0.248 e. The maximum absolute atomic E-state index is 11.5. The number of nitrogen functional groups attached to an aromatic ring is 1. The second-order valence-corrected chi connectivity index (χ2v) is 4.57. The van der Waals surface area contributed by atoms with Gasteiger partial charge in [-0.2, -0.15) is 0 Å². The van der Waals surface area contributed by atoms with Crippen molar-refractivity contribution < 1.29 is 9.53 Å². The van der Waals surface area contributed by atoms with Gasteiger partial charge in [0.25, 0.3) is 0 Å². The molecule has 0 unspecified atom stereocenters. The molecule has 2 N–H and O–H groups in total. The van der Waals surface area contributed by atoms with Crippen LogP contribution in [0.4, 0.5) is 5.69 Å². The van der Waals surface area contributed by atoms with Crippen LogP contribution in [-0.4, -0.2) is 30.6 Å². The number of anilines is 1. The highest BCUT2D eigenvalue weighted by atomic mass is 79.9. The van der Waals surface area contributed by atoms with Gasteiger partial charge in [0.05, 0.1) is 6.61 Å². The van der Waals surface area contributed by atoms with Crippen molar-refractivity contribution in [2.24, 2.45) is 0 Å². The van der Waals surface area contributed by atoms with Crippen LogP contribution >= 0.6 is 15.9 Å². The third kappa shape index (κ3) is 2.54. The van der Waals surface area contributed by atoms with Gasteiger partial charge in [0.2, 0.25) is 5.91 Å². The quantitative estimate of drug-likeness (QED) is 0.835. The fourth-order valence-electron chi connectivity index (χ4n) is 1.61. The van der Waals surface area contributed by atoms with Gasteiger partial charge >= 0.3 is 0 Å². The summed E-state index contributed by atoms with van der Waals surface area (Å²) in [6.07, 6.45) is 0. The van der Waals surface area contributed by atoms with Crippen LogP contribution in [0, 0.1) is 0 Å². The number of benzene rings is 1. The van der Waals surface area contributed by atoms with E-state index in [4.69, 9.17) is 10.5 Å². The molecule has 5 heteroatoms. The van der Waals surface area contributed by atoms with E-state index in [0.29, 0.717) is 25.4 Å². The Balaban J connectivity index is 2.10. The van der Waals surface area contributed by atoms with Crippen LogP contribution in [0.2, 0.25) is 0 Å². The van der Waals surface area contributed by atoms with Crippen molar-refractivity contribution in [3.8, 4) is 0 Å². The Bertz CT molecular complexity index is 409. The van der Waals surface area contributed by atoms with E-state index in [1.54, 1.807) is 4.90 Å². The third-order valence-electron chi connectivity index (χ3n) is 2.52. The second-order valence-electron chi connectivity index (χ2n) is 3.72. The summed E-state index contributed by atoms with van der Waals surface area (Å²) in [5.41, 5.74) is 7.43. The number of carbonyl (C=O) groups excluding carboxylic acids is 1. The molecule has 1 fully saturated rings. The number of morpholine rings is 1. The van der Waals surface area contributed by atoms with Crippen LogP contribution in [0.15, 0.2) is 22.7 Å². The lowest BCUT2D eigenvalue weighted by Gasteiger charge is -2.27. The minimum absolute atomic E-state index is 0.0370. The first-order valence-corrected chi connectivity index (χ1v) is 5.85. The molecule has 0 saturated carbocycles. The highest BCUT2D eigenvalue weighted by Gasteiger charge is 2.19. The summed E-state index contributed by atoms with van der Waals surface area (Å²) in [6, 6.07) is 5.62. The number of hydrogen-bond donors (Lipinski definition) is 1. The fourth-order valence-corrected chi connectivity index (χ4v) is 2.14. The molecule has 0 spiro atoms. The van der Waals surface area contributed by atoms with Gasteiger partial charge in [-0.1, -0.05) is 22.0 Å². The second kappa shape index (κ2) is 4.84. The molecule has 1 aliphatic rings. The predicted molar refractivity (Wildman–Crippen MR) is 64.8 cm³/mol. The Hall–Kier alpha value is -1.07. The highest BCUT2D eigenvalue weighted by molar-refractivity contribution is 9.10. The van der Waals surface area contributed by atoms with Gasteiger partial charge in [-0.15, -0.1) is 0 Å². The predicted octanol–water partition coefficient (Wildman–Crippen LogP) is 1.39. The molecule has 86 valence electrons. The van der Waals surface area contributed by atoms with Crippen molar-refractivity contribution in [3.05, 3.63) is 28.2 Å². The third-order valence-corrected chi connectivity index (χ3v) is 3.26. The normalized spacial score (nSPS) is 16.6. The molecule has 1 heterocycles. The monoisotopic (exact) mass is 284 g/mol. The van der Waals surface area contributed by atoms with Crippen LogP contribution in [0.25, 0.3) is 0 Å². The number of hydrogen-bond acceptors (Lipinski definition) is 3. The average Bonchev–Trinajstić information content (AvgIpc) is 2.25. The van der Waals surface area contributed by atoms with Crippen molar-refractivity contribution in [2.45, 2.75) is 6.54 Å². The summed E-state index contributed by atoms with van der Waals surface area (Å²) in [4.78, 5) is 13.3. The van der Waals surface area contributed by atoms with Gasteiger partial charge in [0.1, 0.15) is 6.61 Å². The van der Waals surface area contributed by atoms with Gasteiger partial charge in [0.15, 0.2) is 0 Å². The number of halogens is 1. The van der Waals surface area contributed by atoms with E-state index in [0.717, 1.165) is 10.0 Å². The fraction of sp³-hybridized carbons (Fsp3) is 0.364. The molecule has 16 heavy (non-hydrogen) atoms. The molecule has 0 atom stereocenters. The molecule has 4 nitrogen and oxygen atoms in total. The van der Waals surface area contributed by atoms with Gasteiger partial charge < -0.3 is 15.4 Å². The van der Waals surface area contributed by atoms with Crippen molar-refractivity contribution in [2.75, 3.05) is 25.5 Å². The Labute approximate surface area is 102 Å². The summed E-state index contributed by atoms with van der Waals surface area (Å²) in [7, 11) is 0. The standard InChI is InChI=1S/C11H13BrN2O2/c12-10-5-9(13)2-1-8(10)6-14-3-4-16-7-11(14)15/h1-2,5H,3-4,6-7,13H2. The van der Waals surface area contributed by atoms with E-state index in [9.17, 15) is 4.79 Å². The first-order chi connectivity index (χ1) is 7.66. The van der Waals surface area contributed by atoms with Crippen LogP contribution < -0.4 is 5.73 Å². The molecule has 1 aliphatic heterocycles. The zero-order valence-electron chi connectivity index (χ0n) is 8.78. The van der Waals surface area contributed by atoms with E-state index in [-0.39, 0.29) is 12.5 Å². The number of ether oxygens (including phenoxy) is 1. The number of amides is 1. The zero-order chi connectivity index (χ0) is 11.5. The Morgan fingerprint density at radius 2 is 2.31 bits per heavy atom. The highest BCUT2D eigenvalue weighted by Crippen LogP contribution is 2.21. The van der Waals surface area contributed by atoms with Crippen molar-refractivity contribution in [1.29, 1.82) is 0 Å². The Kier molecular flexibility index (Phi) is 3.46. The lowest BCUT2D eigenvalue weighted by molar-refractivity contribution is -0.143. The number of nitrogens with zero attached hydrogens (tertiary/aromatic N) is 1. The largest absolute Gasteiger partial charge is 0.399 e. The Morgan fingerprint density at radius 1 is 1.50 bits per heavy atom. The lowest BCUT2D eigenvalue weighted by atomic mass is 10.2. The SMILES string of the molecule is Nc1ccc(CN2CCOCC2=O)c(Br)c1. The number of nitrogens with two attached hydrogens (primary N) is 1.